The van der Waals surface area contributed by atoms with Crippen LogP contribution in [0.15, 0.2) is 0 Å². The number of amides is 1. The lowest BCUT2D eigenvalue weighted by Gasteiger charge is -2.32. The lowest BCUT2D eigenvalue weighted by atomic mass is 9.98. The number of aliphatic hydroxyl groups excluding tert-OH is 1. The van der Waals surface area contributed by atoms with Gasteiger partial charge in [0.05, 0.1) is 24.8 Å². The van der Waals surface area contributed by atoms with Crippen molar-refractivity contribution in [3.8, 4) is 0 Å². The van der Waals surface area contributed by atoms with Crippen molar-refractivity contribution in [3.63, 3.8) is 0 Å². The van der Waals surface area contributed by atoms with Crippen LogP contribution in [0.25, 0.3) is 0 Å². The summed E-state index contributed by atoms with van der Waals surface area (Å²) in [6.07, 6.45) is 1.58. The fourth-order valence-electron chi connectivity index (χ4n) is 1.73. The smallest absolute Gasteiger partial charge is 0.237 e. The minimum absolute atomic E-state index is 0.0178. The maximum Gasteiger partial charge on any atom is 0.237 e. The molecule has 3 N–H and O–H groups in total. The Morgan fingerprint density at radius 1 is 1.71 bits per heavy atom. The van der Waals surface area contributed by atoms with Crippen LogP contribution >= 0.6 is 0 Å². The highest BCUT2D eigenvalue weighted by molar-refractivity contribution is 5.83. The van der Waals surface area contributed by atoms with Crippen molar-refractivity contribution in [2.75, 3.05) is 26.4 Å². The summed E-state index contributed by atoms with van der Waals surface area (Å²) in [7, 11) is 0. The molecule has 0 radical (unpaired) electrons. The third kappa shape index (κ3) is 1.75. The second-order valence-electron chi connectivity index (χ2n) is 4.03. The minimum Gasteiger partial charge on any atom is -0.394 e. The Labute approximate surface area is 82.8 Å². The van der Waals surface area contributed by atoms with Gasteiger partial charge in [0.25, 0.3) is 0 Å². The fourth-order valence-corrected chi connectivity index (χ4v) is 1.73. The van der Waals surface area contributed by atoms with E-state index >= 15 is 0 Å². The van der Waals surface area contributed by atoms with E-state index in [2.05, 4.69) is 10.6 Å². The van der Waals surface area contributed by atoms with Gasteiger partial charge in [-0.2, -0.15) is 0 Å². The molecule has 1 amide bonds. The summed E-state index contributed by atoms with van der Waals surface area (Å²) in [5.41, 5.74) is -0.533. The highest BCUT2D eigenvalue weighted by atomic mass is 16.5. The van der Waals surface area contributed by atoms with Gasteiger partial charge in [0.2, 0.25) is 5.91 Å². The van der Waals surface area contributed by atoms with Gasteiger partial charge < -0.3 is 20.5 Å². The molecule has 2 rings (SSSR count). The number of carbonyl (C=O) groups excluding carboxylic acids is 1. The molecule has 0 saturated carbocycles. The molecule has 2 atom stereocenters. The Morgan fingerprint density at radius 2 is 2.50 bits per heavy atom. The van der Waals surface area contributed by atoms with E-state index in [-0.39, 0.29) is 18.6 Å². The Morgan fingerprint density at radius 3 is 2.93 bits per heavy atom. The van der Waals surface area contributed by atoms with Gasteiger partial charge in [-0.1, -0.05) is 0 Å². The summed E-state index contributed by atoms with van der Waals surface area (Å²) >= 11 is 0. The first-order valence-electron chi connectivity index (χ1n) is 5.00. The topological polar surface area (TPSA) is 70.6 Å². The lowest BCUT2D eigenvalue weighted by Crippen LogP contribution is -2.60. The molecular weight excluding hydrogens is 184 g/mol. The molecule has 2 saturated heterocycles. The molecule has 0 bridgehead atoms. The zero-order chi connectivity index (χ0) is 10.0. The van der Waals surface area contributed by atoms with Gasteiger partial charge in [-0.3, -0.25) is 4.79 Å². The Bertz CT molecular complexity index is 222. The van der Waals surface area contributed by atoms with Crippen molar-refractivity contribution in [1.29, 1.82) is 0 Å². The van der Waals surface area contributed by atoms with Crippen LogP contribution in [0, 0.1) is 0 Å². The van der Waals surface area contributed by atoms with Crippen molar-refractivity contribution in [3.05, 3.63) is 0 Å². The summed E-state index contributed by atoms with van der Waals surface area (Å²) in [5, 5.41) is 15.1. The van der Waals surface area contributed by atoms with Crippen LogP contribution in [0.3, 0.4) is 0 Å². The molecule has 2 heterocycles. The second-order valence-corrected chi connectivity index (χ2v) is 4.03. The van der Waals surface area contributed by atoms with Crippen LogP contribution in [0.2, 0.25) is 0 Å². The average Bonchev–Trinajstić information content (AvgIpc) is 2.50. The quantitative estimate of drug-likeness (QED) is 0.525. The lowest BCUT2D eigenvalue weighted by molar-refractivity contribution is -0.127. The molecule has 5 heteroatoms. The van der Waals surface area contributed by atoms with Crippen molar-refractivity contribution in [2.45, 2.75) is 24.4 Å². The monoisotopic (exact) mass is 200 g/mol. The highest BCUT2D eigenvalue weighted by Gasteiger charge is 2.38. The van der Waals surface area contributed by atoms with Gasteiger partial charge in [0, 0.05) is 6.61 Å². The van der Waals surface area contributed by atoms with Crippen LogP contribution < -0.4 is 10.6 Å². The van der Waals surface area contributed by atoms with E-state index in [9.17, 15) is 9.90 Å². The summed E-state index contributed by atoms with van der Waals surface area (Å²) < 4.78 is 5.19. The van der Waals surface area contributed by atoms with E-state index < -0.39 is 5.54 Å². The number of nitrogens with one attached hydrogen (secondary N) is 2. The molecule has 0 aromatic heterocycles. The van der Waals surface area contributed by atoms with Gasteiger partial charge in [-0.05, 0) is 19.4 Å². The predicted octanol–water partition coefficient (Wildman–Crippen LogP) is -1.38. The standard InChI is InChI=1S/C9H16N2O3/c12-5-9(2-4-14-6-9)11-8(13)7-1-3-10-7/h7,10,12H,1-6H2,(H,11,13). The van der Waals surface area contributed by atoms with Crippen LogP contribution in [-0.2, 0) is 9.53 Å². The van der Waals surface area contributed by atoms with Crippen LogP contribution in [0.4, 0.5) is 0 Å². The molecule has 2 aliphatic heterocycles. The van der Waals surface area contributed by atoms with Crippen LogP contribution in [0.1, 0.15) is 12.8 Å². The minimum atomic E-state index is -0.533. The second kappa shape index (κ2) is 3.84. The van der Waals surface area contributed by atoms with Crippen molar-refractivity contribution in [1.82, 2.24) is 10.6 Å². The zero-order valence-corrected chi connectivity index (χ0v) is 8.08. The zero-order valence-electron chi connectivity index (χ0n) is 8.08. The van der Waals surface area contributed by atoms with Crippen molar-refractivity contribution in [2.24, 2.45) is 0 Å². The van der Waals surface area contributed by atoms with E-state index in [1.807, 2.05) is 0 Å². The molecule has 2 aliphatic rings. The van der Waals surface area contributed by atoms with Crippen molar-refractivity contribution < 1.29 is 14.6 Å². The fraction of sp³-hybridized carbons (Fsp3) is 0.889. The molecule has 2 unspecified atom stereocenters. The average molecular weight is 200 g/mol. The number of hydrogen-bond acceptors (Lipinski definition) is 4. The molecule has 0 aromatic carbocycles. The van der Waals surface area contributed by atoms with E-state index in [1.165, 1.54) is 0 Å². The summed E-state index contributed by atoms with van der Waals surface area (Å²) in [4.78, 5) is 11.6. The van der Waals surface area contributed by atoms with E-state index in [1.54, 1.807) is 0 Å². The van der Waals surface area contributed by atoms with Gasteiger partial charge in [0.1, 0.15) is 0 Å². The Balaban J connectivity index is 1.89. The maximum absolute atomic E-state index is 11.6. The summed E-state index contributed by atoms with van der Waals surface area (Å²) in [5.74, 6) is -0.0178. The first-order valence-corrected chi connectivity index (χ1v) is 5.00. The van der Waals surface area contributed by atoms with Gasteiger partial charge in [-0.15, -0.1) is 0 Å². The number of carbonyl (C=O) groups is 1. The number of rotatable bonds is 3. The van der Waals surface area contributed by atoms with Gasteiger partial charge >= 0.3 is 0 Å². The molecule has 80 valence electrons. The third-order valence-electron chi connectivity index (χ3n) is 2.93. The molecular formula is C9H16N2O3. The predicted molar refractivity (Wildman–Crippen MR) is 49.8 cm³/mol. The van der Waals surface area contributed by atoms with E-state index in [0.29, 0.717) is 19.6 Å². The molecule has 14 heavy (non-hydrogen) atoms. The largest absolute Gasteiger partial charge is 0.394 e. The van der Waals surface area contributed by atoms with Gasteiger partial charge in [-0.25, -0.2) is 0 Å². The highest BCUT2D eigenvalue weighted by Crippen LogP contribution is 2.18. The molecule has 2 fully saturated rings. The number of aliphatic hydroxyl groups is 1. The first kappa shape index (κ1) is 9.89. The summed E-state index contributed by atoms with van der Waals surface area (Å²) in [6, 6.07) is -0.0703. The molecule has 0 spiro atoms. The maximum atomic E-state index is 11.6. The normalized spacial score (nSPS) is 36.5. The SMILES string of the molecule is O=C(NC1(CO)CCOC1)C1CCN1. The van der Waals surface area contributed by atoms with Crippen molar-refractivity contribution >= 4 is 5.91 Å². The Hall–Kier alpha value is -0.650. The molecule has 0 aliphatic carbocycles. The molecule has 0 aromatic rings. The number of ether oxygens (including phenoxy) is 1. The Kier molecular flexibility index (Phi) is 2.71. The third-order valence-corrected chi connectivity index (χ3v) is 2.93. The van der Waals surface area contributed by atoms with Crippen LogP contribution in [0.5, 0.6) is 0 Å². The summed E-state index contributed by atoms with van der Waals surface area (Å²) in [6.45, 7) is 1.88. The first-order chi connectivity index (χ1) is 6.76. The van der Waals surface area contributed by atoms with Crippen LogP contribution in [-0.4, -0.2) is 49.0 Å². The van der Waals surface area contributed by atoms with E-state index in [4.69, 9.17) is 4.74 Å². The van der Waals surface area contributed by atoms with E-state index in [0.717, 1.165) is 13.0 Å². The van der Waals surface area contributed by atoms with Gasteiger partial charge in [0.15, 0.2) is 0 Å². The number of hydrogen-bond donors (Lipinski definition) is 3. The molecule has 5 nitrogen and oxygen atoms in total.